The van der Waals surface area contributed by atoms with Crippen molar-refractivity contribution in [3.63, 3.8) is 0 Å². The van der Waals surface area contributed by atoms with Crippen LogP contribution in [0.3, 0.4) is 0 Å². The Kier molecular flexibility index (Phi) is 7.99. The van der Waals surface area contributed by atoms with Gasteiger partial charge in [-0.3, -0.25) is 0 Å². The molecule has 0 N–H and O–H groups in total. The van der Waals surface area contributed by atoms with E-state index in [4.69, 9.17) is 17.7 Å². The highest BCUT2D eigenvalue weighted by Gasteiger charge is 2.28. The van der Waals surface area contributed by atoms with Crippen molar-refractivity contribution in [2.75, 3.05) is 0 Å². The Morgan fingerprint density at radius 2 is 0.605 bits per heavy atom. The van der Waals surface area contributed by atoms with Gasteiger partial charge in [-0.1, -0.05) is 97.1 Å². The minimum absolute atomic E-state index is 0.399. The van der Waals surface area contributed by atoms with Gasteiger partial charge in [0, 0.05) is 53.9 Å². The first kappa shape index (κ1) is 40.8. The number of aromatic nitrogens is 2. The number of para-hydroxylation sites is 4. The van der Waals surface area contributed by atoms with E-state index in [0.29, 0.717) is 22.5 Å². The number of nitriles is 2. The fourth-order valence-electron chi connectivity index (χ4n) is 12.4. The smallest absolute Gasteiger partial charge is 0.145 e. The number of fused-ring (bicyclic) bond motifs is 20. The highest BCUT2D eigenvalue weighted by atomic mass is 16.3. The summed E-state index contributed by atoms with van der Waals surface area (Å²) in [5.41, 5.74) is 15.7. The van der Waals surface area contributed by atoms with Crippen molar-refractivity contribution in [1.29, 1.82) is 10.5 Å². The second-order valence-electron chi connectivity index (χ2n) is 19.7. The molecule has 8 nitrogen and oxygen atoms in total. The fourth-order valence-corrected chi connectivity index (χ4v) is 12.4. The molecule has 0 radical (unpaired) electrons. The third-order valence-corrected chi connectivity index (χ3v) is 15.8. The quantitative estimate of drug-likeness (QED) is 0.174. The van der Waals surface area contributed by atoms with Crippen LogP contribution in [0.25, 0.3) is 165 Å². The molecule has 0 aliphatic rings. The van der Waals surface area contributed by atoms with Gasteiger partial charge in [0.05, 0.1) is 55.3 Å². The molecule has 0 unspecified atom stereocenters. The Bertz CT molecular complexity index is 5180. The molecule has 17 aromatic rings. The first-order valence-corrected chi connectivity index (χ1v) is 25.2. The molecular formula is C68H34N4O4. The first-order chi connectivity index (χ1) is 37.6. The summed E-state index contributed by atoms with van der Waals surface area (Å²) in [7, 11) is 0. The topological polar surface area (TPSA) is 110 Å². The van der Waals surface area contributed by atoms with Crippen LogP contribution in [0.4, 0.5) is 0 Å². The Hall–Kier alpha value is -10.8. The van der Waals surface area contributed by atoms with E-state index in [1.54, 1.807) is 12.1 Å². The Balaban J connectivity index is 0.979. The van der Waals surface area contributed by atoms with Crippen molar-refractivity contribution >= 4 is 131 Å². The molecule has 6 heterocycles. The highest BCUT2D eigenvalue weighted by molar-refractivity contribution is 6.26. The minimum atomic E-state index is 0.399. The van der Waals surface area contributed by atoms with Gasteiger partial charge in [0.15, 0.2) is 0 Å². The molecule has 6 aromatic heterocycles. The third kappa shape index (κ3) is 5.43. The van der Waals surface area contributed by atoms with Crippen molar-refractivity contribution < 1.29 is 17.7 Å². The molecule has 0 aliphatic heterocycles. The summed E-state index contributed by atoms with van der Waals surface area (Å²) >= 11 is 0. The van der Waals surface area contributed by atoms with Gasteiger partial charge >= 0.3 is 0 Å². The average molecular weight is 971 g/mol. The van der Waals surface area contributed by atoms with E-state index in [9.17, 15) is 10.5 Å². The standard InChI is InChI=1S/C68H34N4O4/c69-35-41-17-18-42(36-70)66(72-54-26-20-38(40-22-30-62-50(32-40)46-12-4-6-14-58(46)74-62)34-52(54)64-56(72)28-24-48-44-10-2-8-16-60(44)76-68(48)64)65(41)71-53-25-19-37(39-21-29-61-49(31-39)45-11-3-5-13-57(45)73-61)33-51(53)63-55(71)27-23-47-43-9-1-7-15-59(43)75-67(47)63/h1-34H. The summed E-state index contributed by atoms with van der Waals surface area (Å²) in [6.45, 7) is 0. The normalized spacial score (nSPS) is 12.2. The summed E-state index contributed by atoms with van der Waals surface area (Å²) in [6.07, 6.45) is 0. The van der Waals surface area contributed by atoms with Crippen LogP contribution in [-0.4, -0.2) is 9.13 Å². The van der Waals surface area contributed by atoms with Crippen LogP contribution in [0.5, 0.6) is 0 Å². The second-order valence-corrected chi connectivity index (χ2v) is 19.7. The van der Waals surface area contributed by atoms with Gasteiger partial charge in [-0.25, -0.2) is 0 Å². The number of rotatable bonds is 4. The predicted octanol–water partition coefficient (Wildman–Crippen LogP) is 18.6. The van der Waals surface area contributed by atoms with Crippen molar-refractivity contribution in [2.45, 2.75) is 0 Å². The van der Waals surface area contributed by atoms with Crippen LogP contribution in [0.15, 0.2) is 224 Å². The molecule has 76 heavy (non-hydrogen) atoms. The first-order valence-electron chi connectivity index (χ1n) is 25.2. The van der Waals surface area contributed by atoms with Crippen LogP contribution in [0.1, 0.15) is 11.1 Å². The van der Waals surface area contributed by atoms with Gasteiger partial charge in [0.25, 0.3) is 0 Å². The van der Waals surface area contributed by atoms with Crippen LogP contribution in [0.2, 0.25) is 0 Å². The van der Waals surface area contributed by atoms with Crippen molar-refractivity contribution in [2.24, 2.45) is 0 Å². The molecule has 0 bridgehead atoms. The predicted molar refractivity (Wildman–Crippen MR) is 305 cm³/mol. The van der Waals surface area contributed by atoms with E-state index in [1.807, 2.05) is 84.9 Å². The van der Waals surface area contributed by atoms with Gasteiger partial charge < -0.3 is 26.8 Å². The van der Waals surface area contributed by atoms with Gasteiger partial charge in [-0.2, -0.15) is 10.5 Å². The van der Waals surface area contributed by atoms with E-state index in [-0.39, 0.29) is 0 Å². The molecular weight excluding hydrogens is 937 g/mol. The number of nitrogens with zero attached hydrogens (tertiary/aromatic N) is 4. The molecule has 0 saturated heterocycles. The van der Waals surface area contributed by atoms with Crippen LogP contribution in [-0.2, 0) is 0 Å². The monoisotopic (exact) mass is 970 g/mol. The largest absolute Gasteiger partial charge is 0.456 e. The van der Waals surface area contributed by atoms with Crippen molar-refractivity contribution in [3.8, 4) is 45.8 Å². The number of hydrogen-bond acceptors (Lipinski definition) is 6. The summed E-state index contributed by atoms with van der Waals surface area (Å²) in [5, 5.41) is 34.6. The number of benzene rings is 11. The second kappa shape index (κ2) is 14.9. The fraction of sp³-hybridized carbons (Fsp3) is 0. The SMILES string of the molecule is N#Cc1ccc(C#N)c(-n2c3ccc(-c4ccc5oc6ccccc6c5c4)cc3c3c4oc5ccccc5c4ccc32)c1-n1c2ccc(-c3ccc4oc5ccccc5c4c3)cc2c2c3oc4ccccc4c3ccc21. The minimum Gasteiger partial charge on any atom is -0.456 e. The Morgan fingerprint density at radius 1 is 0.276 bits per heavy atom. The van der Waals surface area contributed by atoms with Crippen LogP contribution in [0, 0.1) is 22.7 Å². The average Bonchev–Trinajstić information content (AvgIpc) is 4.49. The molecule has 0 fully saturated rings. The lowest BCUT2D eigenvalue weighted by atomic mass is 10.00. The molecule has 0 amide bonds. The summed E-state index contributed by atoms with van der Waals surface area (Å²) in [6, 6.07) is 75.4. The summed E-state index contributed by atoms with van der Waals surface area (Å²) in [5.74, 6) is 0. The van der Waals surface area contributed by atoms with E-state index in [2.05, 4.69) is 130 Å². The summed E-state index contributed by atoms with van der Waals surface area (Å²) < 4.78 is 30.6. The summed E-state index contributed by atoms with van der Waals surface area (Å²) in [4.78, 5) is 0. The maximum absolute atomic E-state index is 11.4. The van der Waals surface area contributed by atoms with E-state index < -0.39 is 0 Å². The lowest BCUT2D eigenvalue weighted by Gasteiger charge is -2.19. The molecule has 350 valence electrons. The molecule has 11 aromatic carbocycles. The van der Waals surface area contributed by atoms with Crippen LogP contribution >= 0.6 is 0 Å². The molecule has 17 rings (SSSR count). The van der Waals surface area contributed by atoms with Gasteiger partial charge in [0.1, 0.15) is 56.8 Å². The Labute approximate surface area is 429 Å². The van der Waals surface area contributed by atoms with Crippen LogP contribution < -0.4 is 0 Å². The number of hydrogen-bond donors (Lipinski definition) is 0. The molecule has 0 aliphatic carbocycles. The van der Waals surface area contributed by atoms with E-state index in [1.165, 1.54) is 0 Å². The zero-order chi connectivity index (χ0) is 49.9. The third-order valence-electron chi connectivity index (χ3n) is 15.8. The van der Waals surface area contributed by atoms with Gasteiger partial charge in [-0.15, -0.1) is 0 Å². The molecule has 8 heteroatoms. The zero-order valence-electron chi connectivity index (χ0n) is 40.1. The maximum Gasteiger partial charge on any atom is 0.145 e. The molecule has 0 atom stereocenters. The lowest BCUT2D eigenvalue weighted by Crippen LogP contribution is -2.08. The molecule has 0 spiro atoms. The van der Waals surface area contributed by atoms with E-state index in [0.717, 1.165) is 154 Å². The number of furan rings is 4. The lowest BCUT2D eigenvalue weighted by molar-refractivity contribution is 0.668. The van der Waals surface area contributed by atoms with Gasteiger partial charge in [-0.05, 0) is 131 Å². The van der Waals surface area contributed by atoms with Crippen molar-refractivity contribution in [1.82, 2.24) is 9.13 Å². The van der Waals surface area contributed by atoms with Crippen molar-refractivity contribution in [3.05, 3.63) is 217 Å². The zero-order valence-corrected chi connectivity index (χ0v) is 40.1. The van der Waals surface area contributed by atoms with E-state index >= 15 is 0 Å². The highest BCUT2D eigenvalue weighted by Crippen LogP contribution is 2.48. The Morgan fingerprint density at radius 3 is 1.01 bits per heavy atom. The molecule has 0 saturated carbocycles. The van der Waals surface area contributed by atoms with Gasteiger partial charge in [0.2, 0.25) is 0 Å². The maximum atomic E-state index is 11.4.